The van der Waals surface area contributed by atoms with Crippen LogP contribution in [-0.4, -0.2) is 44.8 Å². The van der Waals surface area contributed by atoms with Gasteiger partial charge in [-0.15, -0.1) is 0 Å². The first-order valence-corrected chi connectivity index (χ1v) is 5.44. The van der Waals surface area contributed by atoms with Gasteiger partial charge >= 0.3 is 5.97 Å². The number of aromatic nitrogens is 2. The predicted octanol–water partition coefficient (Wildman–Crippen LogP) is 0.357. The van der Waals surface area contributed by atoms with Crippen molar-refractivity contribution in [1.29, 1.82) is 0 Å². The zero-order chi connectivity index (χ0) is 12.6. The van der Waals surface area contributed by atoms with Gasteiger partial charge in [-0.05, 0) is 13.3 Å². The van der Waals surface area contributed by atoms with Gasteiger partial charge < -0.3 is 10.0 Å². The highest BCUT2D eigenvalue weighted by Gasteiger charge is 2.42. The van der Waals surface area contributed by atoms with Gasteiger partial charge in [-0.25, -0.2) is 0 Å². The third-order valence-corrected chi connectivity index (χ3v) is 3.23. The number of hydrogen-bond acceptors (Lipinski definition) is 3. The first kappa shape index (κ1) is 11.6. The molecule has 1 aliphatic heterocycles. The van der Waals surface area contributed by atoms with Crippen LogP contribution in [0.25, 0.3) is 0 Å². The van der Waals surface area contributed by atoms with Crippen LogP contribution in [0.15, 0.2) is 12.4 Å². The molecule has 1 aromatic heterocycles. The molecule has 0 unspecified atom stereocenters. The van der Waals surface area contributed by atoms with E-state index in [1.54, 1.807) is 29.7 Å². The van der Waals surface area contributed by atoms with Crippen molar-refractivity contribution in [2.45, 2.75) is 13.3 Å². The maximum atomic E-state index is 12.1. The van der Waals surface area contributed by atoms with E-state index in [0.717, 1.165) is 0 Å². The highest BCUT2D eigenvalue weighted by atomic mass is 16.4. The Bertz CT molecular complexity index is 468. The van der Waals surface area contributed by atoms with Crippen LogP contribution in [0.1, 0.15) is 23.7 Å². The molecule has 2 heterocycles. The van der Waals surface area contributed by atoms with E-state index in [2.05, 4.69) is 5.10 Å². The molecule has 1 aromatic rings. The monoisotopic (exact) mass is 237 g/mol. The number of carboxylic acid groups (broad SMARTS) is 1. The fourth-order valence-electron chi connectivity index (χ4n) is 2.02. The third kappa shape index (κ3) is 2.02. The zero-order valence-corrected chi connectivity index (χ0v) is 9.88. The van der Waals surface area contributed by atoms with Gasteiger partial charge in [0.2, 0.25) is 0 Å². The SMILES string of the molecule is Cn1cc(C(=O)N2CC[C@@](C)(C(=O)O)C2)cn1. The minimum Gasteiger partial charge on any atom is -0.481 e. The summed E-state index contributed by atoms with van der Waals surface area (Å²) < 4.78 is 1.56. The van der Waals surface area contributed by atoms with E-state index >= 15 is 0 Å². The number of rotatable bonds is 2. The molecule has 0 spiro atoms. The lowest BCUT2D eigenvalue weighted by molar-refractivity contribution is -0.147. The van der Waals surface area contributed by atoms with Gasteiger partial charge in [-0.2, -0.15) is 5.10 Å². The van der Waals surface area contributed by atoms with Gasteiger partial charge in [0.05, 0.1) is 17.2 Å². The lowest BCUT2D eigenvalue weighted by Crippen LogP contribution is -2.34. The van der Waals surface area contributed by atoms with E-state index in [0.29, 0.717) is 18.5 Å². The highest BCUT2D eigenvalue weighted by Crippen LogP contribution is 2.30. The number of likely N-dealkylation sites (tertiary alicyclic amines) is 1. The predicted molar refractivity (Wildman–Crippen MR) is 59.5 cm³/mol. The zero-order valence-electron chi connectivity index (χ0n) is 9.88. The number of amides is 1. The Morgan fingerprint density at radius 3 is 2.71 bits per heavy atom. The van der Waals surface area contributed by atoms with Gasteiger partial charge in [-0.1, -0.05) is 0 Å². The van der Waals surface area contributed by atoms with E-state index in [-0.39, 0.29) is 12.5 Å². The molecule has 6 nitrogen and oxygen atoms in total. The van der Waals surface area contributed by atoms with Crippen molar-refractivity contribution in [2.75, 3.05) is 13.1 Å². The molecule has 92 valence electrons. The van der Waals surface area contributed by atoms with Crippen LogP contribution in [0.3, 0.4) is 0 Å². The summed E-state index contributed by atoms with van der Waals surface area (Å²) in [6.07, 6.45) is 3.63. The lowest BCUT2D eigenvalue weighted by atomic mass is 9.90. The van der Waals surface area contributed by atoms with E-state index < -0.39 is 11.4 Å². The molecule has 1 amide bonds. The van der Waals surface area contributed by atoms with Crippen LogP contribution in [0.2, 0.25) is 0 Å². The lowest BCUT2D eigenvalue weighted by Gasteiger charge is -2.19. The van der Waals surface area contributed by atoms with Crippen LogP contribution in [0.4, 0.5) is 0 Å². The molecule has 0 radical (unpaired) electrons. The molecule has 2 rings (SSSR count). The Balaban J connectivity index is 2.11. The molecule has 1 atom stereocenters. The fraction of sp³-hybridized carbons (Fsp3) is 0.545. The van der Waals surface area contributed by atoms with E-state index in [4.69, 9.17) is 5.11 Å². The smallest absolute Gasteiger partial charge is 0.311 e. The second-order valence-corrected chi connectivity index (χ2v) is 4.75. The largest absolute Gasteiger partial charge is 0.481 e. The second kappa shape index (κ2) is 3.87. The van der Waals surface area contributed by atoms with E-state index in [1.165, 1.54) is 6.20 Å². The average Bonchev–Trinajstić information content (AvgIpc) is 2.85. The van der Waals surface area contributed by atoms with Crippen molar-refractivity contribution < 1.29 is 14.7 Å². The molecule has 17 heavy (non-hydrogen) atoms. The molecule has 0 saturated carbocycles. The third-order valence-electron chi connectivity index (χ3n) is 3.23. The van der Waals surface area contributed by atoms with Crippen LogP contribution in [0, 0.1) is 5.41 Å². The molecule has 1 saturated heterocycles. The van der Waals surface area contributed by atoms with Crippen molar-refractivity contribution in [3.8, 4) is 0 Å². The minimum absolute atomic E-state index is 0.150. The highest BCUT2D eigenvalue weighted by molar-refractivity contribution is 5.94. The second-order valence-electron chi connectivity index (χ2n) is 4.75. The number of aryl methyl sites for hydroxylation is 1. The van der Waals surface area contributed by atoms with Gasteiger partial charge in [0, 0.05) is 26.3 Å². The fourth-order valence-corrected chi connectivity index (χ4v) is 2.02. The van der Waals surface area contributed by atoms with Crippen molar-refractivity contribution >= 4 is 11.9 Å². The van der Waals surface area contributed by atoms with Gasteiger partial charge in [0.25, 0.3) is 5.91 Å². The number of carbonyl (C=O) groups is 2. The Hall–Kier alpha value is -1.85. The summed E-state index contributed by atoms with van der Waals surface area (Å²) in [7, 11) is 1.74. The molecule has 0 bridgehead atoms. The maximum absolute atomic E-state index is 12.1. The summed E-state index contributed by atoms with van der Waals surface area (Å²) in [4.78, 5) is 24.7. The van der Waals surface area contributed by atoms with Gasteiger partial charge in [0.15, 0.2) is 0 Å². The number of carbonyl (C=O) groups excluding carboxylic acids is 1. The van der Waals surface area contributed by atoms with Crippen molar-refractivity contribution in [3.63, 3.8) is 0 Å². The Kier molecular flexibility index (Phi) is 2.65. The molecule has 1 N–H and O–H groups in total. The molecule has 6 heteroatoms. The molecule has 0 aromatic carbocycles. The van der Waals surface area contributed by atoms with Crippen molar-refractivity contribution in [2.24, 2.45) is 12.5 Å². The molecule has 0 aliphatic carbocycles. The van der Waals surface area contributed by atoms with Crippen LogP contribution >= 0.6 is 0 Å². The topological polar surface area (TPSA) is 75.4 Å². The number of aliphatic carboxylic acids is 1. The van der Waals surface area contributed by atoms with Crippen molar-refractivity contribution in [3.05, 3.63) is 18.0 Å². The number of nitrogens with zero attached hydrogens (tertiary/aromatic N) is 3. The number of hydrogen-bond donors (Lipinski definition) is 1. The van der Waals surface area contributed by atoms with Crippen LogP contribution in [-0.2, 0) is 11.8 Å². The summed E-state index contributed by atoms with van der Waals surface area (Å²) in [5.41, 5.74) is -0.320. The molecular formula is C11H15N3O3. The average molecular weight is 237 g/mol. The molecular weight excluding hydrogens is 222 g/mol. The number of carboxylic acids is 1. The quantitative estimate of drug-likeness (QED) is 0.805. The van der Waals surface area contributed by atoms with Crippen LogP contribution < -0.4 is 0 Å². The van der Waals surface area contributed by atoms with Crippen LogP contribution in [0.5, 0.6) is 0 Å². The van der Waals surface area contributed by atoms with E-state index in [1.807, 2.05) is 0 Å². The normalized spacial score (nSPS) is 24.0. The summed E-state index contributed by atoms with van der Waals surface area (Å²) in [5.74, 6) is -0.998. The first-order valence-electron chi connectivity index (χ1n) is 5.44. The van der Waals surface area contributed by atoms with E-state index in [9.17, 15) is 9.59 Å². The first-order chi connectivity index (χ1) is 7.92. The van der Waals surface area contributed by atoms with Gasteiger partial charge in [-0.3, -0.25) is 14.3 Å². The Morgan fingerprint density at radius 1 is 1.53 bits per heavy atom. The summed E-state index contributed by atoms with van der Waals surface area (Å²) in [5, 5.41) is 13.0. The maximum Gasteiger partial charge on any atom is 0.311 e. The molecule has 1 fully saturated rings. The summed E-state index contributed by atoms with van der Waals surface area (Å²) >= 11 is 0. The summed E-state index contributed by atoms with van der Waals surface area (Å²) in [6, 6.07) is 0. The minimum atomic E-state index is -0.848. The van der Waals surface area contributed by atoms with Gasteiger partial charge in [0.1, 0.15) is 0 Å². The standard InChI is InChI=1S/C11H15N3O3/c1-11(10(16)17)3-4-14(7-11)9(15)8-5-12-13(2)6-8/h5-6H,3-4,7H2,1-2H3,(H,16,17)/t11-/m1/s1. The molecule has 1 aliphatic rings. The summed E-state index contributed by atoms with van der Waals surface area (Å²) in [6.45, 7) is 2.42. The Morgan fingerprint density at radius 2 is 2.24 bits per heavy atom. The van der Waals surface area contributed by atoms with Crippen molar-refractivity contribution in [1.82, 2.24) is 14.7 Å². The Labute approximate surface area is 98.8 Å².